The third-order valence-electron chi connectivity index (χ3n) is 4.16. The molecule has 0 heterocycles. The Morgan fingerprint density at radius 2 is 1.35 bits per heavy atom. The highest BCUT2D eigenvalue weighted by atomic mass is 16.3. The molecule has 1 N–H and O–H groups in total. The fraction of sp³-hybridized carbons (Fsp3) is 0.333. The molecule has 2 aromatic rings. The van der Waals surface area contributed by atoms with Crippen LogP contribution in [0.3, 0.4) is 0 Å². The van der Waals surface area contributed by atoms with Crippen molar-refractivity contribution in [3.63, 3.8) is 0 Å². The zero-order chi connectivity index (χ0) is 14.8. The Labute approximate surface area is 121 Å². The quantitative estimate of drug-likeness (QED) is 0.914. The van der Waals surface area contributed by atoms with Crippen molar-refractivity contribution in [2.24, 2.45) is 0 Å². The first-order valence-electron chi connectivity index (χ1n) is 6.94. The molecule has 2 nitrogen and oxygen atoms in total. The van der Waals surface area contributed by atoms with Crippen molar-refractivity contribution in [1.29, 1.82) is 0 Å². The van der Waals surface area contributed by atoms with Crippen LogP contribution in [0.1, 0.15) is 25.5 Å². The number of aliphatic hydroxyl groups excluding tert-OH is 1. The monoisotopic (exact) mass is 269 g/mol. The summed E-state index contributed by atoms with van der Waals surface area (Å²) < 4.78 is 0. The third kappa shape index (κ3) is 2.92. The predicted molar refractivity (Wildman–Crippen MR) is 84.6 cm³/mol. The van der Waals surface area contributed by atoms with Crippen molar-refractivity contribution >= 4 is 0 Å². The summed E-state index contributed by atoms with van der Waals surface area (Å²) in [5, 5.41) is 10.5. The maximum atomic E-state index is 10.5. The molecule has 0 spiro atoms. The number of hydrogen-bond acceptors (Lipinski definition) is 2. The second kappa shape index (κ2) is 5.78. The molecule has 2 rings (SSSR count). The summed E-state index contributed by atoms with van der Waals surface area (Å²) in [6.45, 7) is 4.09. The van der Waals surface area contributed by atoms with E-state index < -0.39 is 6.10 Å². The standard InChI is InChI=1S/C18H23NO/c1-18(2,19(3)4)17(20)16-12-10-15(11-13-16)14-8-6-5-7-9-14/h5-13,17,20H,1-4H3. The molecule has 1 atom stereocenters. The first kappa shape index (κ1) is 14.8. The third-order valence-corrected chi connectivity index (χ3v) is 4.16. The van der Waals surface area contributed by atoms with Gasteiger partial charge in [-0.05, 0) is 44.6 Å². The van der Waals surface area contributed by atoms with Crippen molar-refractivity contribution < 1.29 is 5.11 Å². The normalized spacial score (nSPS) is 13.5. The zero-order valence-corrected chi connectivity index (χ0v) is 12.7. The minimum atomic E-state index is -0.512. The number of aliphatic hydroxyl groups is 1. The molecular weight excluding hydrogens is 246 g/mol. The molecule has 0 amide bonds. The van der Waals surface area contributed by atoms with E-state index in [4.69, 9.17) is 0 Å². The van der Waals surface area contributed by atoms with Crippen LogP contribution in [0.15, 0.2) is 54.6 Å². The highest BCUT2D eigenvalue weighted by Crippen LogP contribution is 2.30. The first-order valence-corrected chi connectivity index (χ1v) is 6.94. The second-order valence-electron chi connectivity index (χ2n) is 5.94. The van der Waals surface area contributed by atoms with E-state index in [2.05, 4.69) is 24.3 Å². The van der Waals surface area contributed by atoms with Crippen molar-refractivity contribution in [3.05, 3.63) is 60.2 Å². The molecule has 0 fully saturated rings. The lowest BCUT2D eigenvalue weighted by molar-refractivity contribution is 0.0164. The van der Waals surface area contributed by atoms with Crippen LogP contribution >= 0.6 is 0 Å². The Hall–Kier alpha value is -1.64. The van der Waals surface area contributed by atoms with E-state index in [9.17, 15) is 5.11 Å². The Bertz CT molecular complexity index is 543. The predicted octanol–water partition coefficient (Wildman–Crippen LogP) is 3.73. The minimum Gasteiger partial charge on any atom is -0.386 e. The summed E-state index contributed by atoms with van der Waals surface area (Å²) in [6.07, 6.45) is -0.512. The van der Waals surface area contributed by atoms with Crippen LogP contribution in [-0.4, -0.2) is 29.6 Å². The van der Waals surface area contributed by atoms with Gasteiger partial charge >= 0.3 is 0 Å². The van der Waals surface area contributed by atoms with Crippen molar-refractivity contribution in [3.8, 4) is 11.1 Å². The molecule has 0 aromatic heterocycles. The van der Waals surface area contributed by atoms with Crippen LogP contribution < -0.4 is 0 Å². The molecule has 0 bridgehead atoms. The summed E-state index contributed by atoms with van der Waals surface area (Å²) in [4.78, 5) is 2.04. The molecule has 1 unspecified atom stereocenters. The van der Waals surface area contributed by atoms with Gasteiger partial charge in [0, 0.05) is 5.54 Å². The molecule has 0 saturated carbocycles. The van der Waals surface area contributed by atoms with Gasteiger partial charge in [-0.3, -0.25) is 0 Å². The van der Waals surface area contributed by atoms with Gasteiger partial charge in [0.1, 0.15) is 0 Å². The van der Waals surface area contributed by atoms with Crippen LogP contribution in [0.25, 0.3) is 11.1 Å². The fourth-order valence-corrected chi connectivity index (χ4v) is 2.14. The minimum absolute atomic E-state index is 0.297. The van der Waals surface area contributed by atoms with Crippen LogP contribution in [0.2, 0.25) is 0 Å². The van der Waals surface area contributed by atoms with Gasteiger partial charge in [-0.25, -0.2) is 0 Å². The highest BCUT2D eigenvalue weighted by molar-refractivity contribution is 5.63. The van der Waals surface area contributed by atoms with Gasteiger partial charge < -0.3 is 10.0 Å². The van der Waals surface area contributed by atoms with Crippen molar-refractivity contribution in [2.75, 3.05) is 14.1 Å². The average Bonchev–Trinajstić information content (AvgIpc) is 2.47. The van der Waals surface area contributed by atoms with Gasteiger partial charge in [0.05, 0.1) is 6.10 Å². The van der Waals surface area contributed by atoms with Crippen LogP contribution in [-0.2, 0) is 0 Å². The number of benzene rings is 2. The van der Waals surface area contributed by atoms with Gasteiger partial charge in [-0.2, -0.15) is 0 Å². The molecule has 0 aliphatic carbocycles. The van der Waals surface area contributed by atoms with E-state index in [1.165, 1.54) is 11.1 Å². The summed E-state index contributed by atoms with van der Waals surface area (Å²) in [5.41, 5.74) is 3.02. The van der Waals surface area contributed by atoms with Crippen molar-refractivity contribution in [1.82, 2.24) is 4.90 Å². The van der Waals surface area contributed by atoms with Gasteiger partial charge in [0.15, 0.2) is 0 Å². The van der Waals surface area contributed by atoms with Crippen LogP contribution in [0, 0.1) is 0 Å². The maximum absolute atomic E-state index is 10.5. The zero-order valence-electron chi connectivity index (χ0n) is 12.7. The fourth-order valence-electron chi connectivity index (χ4n) is 2.14. The van der Waals surface area contributed by atoms with E-state index in [1.807, 2.05) is 63.2 Å². The Balaban J connectivity index is 2.25. The summed E-state index contributed by atoms with van der Waals surface area (Å²) >= 11 is 0. The molecule has 2 heteroatoms. The molecular formula is C18H23NO. The first-order chi connectivity index (χ1) is 9.43. The second-order valence-corrected chi connectivity index (χ2v) is 5.94. The molecule has 106 valence electrons. The topological polar surface area (TPSA) is 23.5 Å². The lowest BCUT2D eigenvalue weighted by Gasteiger charge is -2.37. The van der Waals surface area contributed by atoms with Crippen LogP contribution in [0.4, 0.5) is 0 Å². The Morgan fingerprint density at radius 1 is 0.850 bits per heavy atom. The van der Waals surface area contributed by atoms with Crippen molar-refractivity contribution in [2.45, 2.75) is 25.5 Å². The highest BCUT2D eigenvalue weighted by Gasteiger charge is 2.31. The van der Waals surface area contributed by atoms with Gasteiger partial charge in [0.25, 0.3) is 0 Å². The number of rotatable bonds is 4. The van der Waals surface area contributed by atoms with E-state index in [-0.39, 0.29) is 5.54 Å². The smallest absolute Gasteiger partial charge is 0.0967 e. The average molecular weight is 269 g/mol. The SMILES string of the molecule is CN(C)C(C)(C)C(O)c1ccc(-c2ccccc2)cc1. The molecule has 0 saturated heterocycles. The van der Waals surface area contributed by atoms with Gasteiger partial charge in [0.2, 0.25) is 0 Å². The van der Waals surface area contributed by atoms with Gasteiger partial charge in [-0.15, -0.1) is 0 Å². The molecule has 20 heavy (non-hydrogen) atoms. The molecule has 2 aromatic carbocycles. The summed E-state index contributed by atoms with van der Waals surface area (Å²) in [7, 11) is 3.98. The van der Waals surface area contributed by atoms with E-state index in [0.29, 0.717) is 0 Å². The molecule has 0 radical (unpaired) electrons. The molecule has 0 aliphatic rings. The summed E-state index contributed by atoms with van der Waals surface area (Å²) in [6, 6.07) is 18.4. The largest absolute Gasteiger partial charge is 0.386 e. The number of hydrogen-bond donors (Lipinski definition) is 1. The number of likely N-dealkylation sites (N-methyl/N-ethyl adjacent to an activating group) is 1. The Morgan fingerprint density at radius 3 is 1.85 bits per heavy atom. The molecule has 0 aliphatic heterocycles. The lowest BCUT2D eigenvalue weighted by atomic mass is 9.89. The van der Waals surface area contributed by atoms with Crippen LogP contribution in [0.5, 0.6) is 0 Å². The maximum Gasteiger partial charge on any atom is 0.0967 e. The number of nitrogens with zero attached hydrogens (tertiary/aromatic N) is 1. The van der Waals surface area contributed by atoms with E-state index in [0.717, 1.165) is 5.56 Å². The van der Waals surface area contributed by atoms with E-state index >= 15 is 0 Å². The van der Waals surface area contributed by atoms with Gasteiger partial charge in [-0.1, -0.05) is 54.6 Å². The van der Waals surface area contributed by atoms with E-state index in [1.54, 1.807) is 0 Å². The summed E-state index contributed by atoms with van der Waals surface area (Å²) in [5.74, 6) is 0. The lowest BCUT2D eigenvalue weighted by Crippen LogP contribution is -2.43. The Kier molecular flexibility index (Phi) is 4.26.